The molecule has 1 saturated heterocycles. The van der Waals surface area contributed by atoms with E-state index in [-0.39, 0.29) is 0 Å². The number of nitrogens with zero attached hydrogens (tertiary/aromatic N) is 1. The molecule has 0 atom stereocenters. The summed E-state index contributed by atoms with van der Waals surface area (Å²) in [4.78, 5) is 2.47. The zero-order chi connectivity index (χ0) is 13.0. The Kier molecular flexibility index (Phi) is 4.12. The van der Waals surface area contributed by atoms with Gasteiger partial charge in [-0.1, -0.05) is 19.9 Å². The maximum absolute atomic E-state index is 5.71. The summed E-state index contributed by atoms with van der Waals surface area (Å²) in [5, 5.41) is 0. The van der Waals surface area contributed by atoms with E-state index >= 15 is 0 Å². The summed E-state index contributed by atoms with van der Waals surface area (Å²) in [7, 11) is 0. The summed E-state index contributed by atoms with van der Waals surface area (Å²) < 4.78 is 5.71. The van der Waals surface area contributed by atoms with Crippen molar-refractivity contribution in [2.45, 2.75) is 26.7 Å². The normalized spacial score (nSPS) is 18.3. The van der Waals surface area contributed by atoms with Crippen molar-refractivity contribution in [3.05, 3.63) is 24.3 Å². The van der Waals surface area contributed by atoms with E-state index in [0.29, 0.717) is 5.41 Å². The van der Waals surface area contributed by atoms with Crippen LogP contribution >= 0.6 is 0 Å². The van der Waals surface area contributed by atoms with Gasteiger partial charge in [0.25, 0.3) is 0 Å². The van der Waals surface area contributed by atoms with Crippen molar-refractivity contribution in [2.24, 2.45) is 5.41 Å². The van der Waals surface area contributed by atoms with E-state index in [0.717, 1.165) is 24.6 Å². The van der Waals surface area contributed by atoms with Crippen LogP contribution in [-0.2, 0) is 0 Å². The molecule has 100 valence electrons. The average molecular weight is 248 g/mol. The van der Waals surface area contributed by atoms with Crippen LogP contribution in [0.5, 0.6) is 5.75 Å². The number of ether oxygens (including phenoxy) is 1. The van der Waals surface area contributed by atoms with Gasteiger partial charge in [0, 0.05) is 31.4 Å². The van der Waals surface area contributed by atoms with Crippen molar-refractivity contribution < 1.29 is 4.74 Å². The number of nitrogens with two attached hydrogens (primary N) is 1. The van der Waals surface area contributed by atoms with Crippen LogP contribution in [-0.4, -0.2) is 31.1 Å². The van der Waals surface area contributed by atoms with Crippen LogP contribution in [0.2, 0.25) is 0 Å². The van der Waals surface area contributed by atoms with Gasteiger partial charge in [-0.05, 0) is 30.4 Å². The largest absolute Gasteiger partial charge is 0.492 e. The molecule has 0 amide bonds. The van der Waals surface area contributed by atoms with Gasteiger partial charge in [-0.25, -0.2) is 0 Å². The van der Waals surface area contributed by atoms with Gasteiger partial charge in [0.2, 0.25) is 0 Å². The van der Waals surface area contributed by atoms with E-state index in [9.17, 15) is 0 Å². The second-order valence-electron chi connectivity index (χ2n) is 5.34. The van der Waals surface area contributed by atoms with E-state index in [1.807, 2.05) is 24.3 Å². The maximum Gasteiger partial charge on any atom is 0.121 e. The number of anilines is 1. The summed E-state index contributed by atoms with van der Waals surface area (Å²) >= 11 is 0. The number of rotatable bonds is 6. The molecule has 3 nitrogen and oxygen atoms in total. The highest BCUT2D eigenvalue weighted by Crippen LogP contribution is 2.36. The molecule has 0 radical (unpaired) electrons. The van der Waals surface area contributed by atoms with Crippen LogP contribution in [0, 0.1) is 5.41 Å². The lowest BCUT2D eigenvalue weighted by Crippen LogP contribution is -2.56. The minimum atomic E-state index is 0.581. The fourth-order valence-electron chi connectivity index (χ4n) is 2.65. The molecule has 0 aromatic heterocycles. The van der Waals surface area contributed by atoms with Crippen LogP contribution in [0.4, 0.5) is 5.69 Å². The molecule has 1 aromatic carbocycles. The Bertz CT molecular complexity index is 380. The van der Waals surface area contributed by atoms with Crippen LogP contribution in [0.1, 0.15) is 26.7 Å². The third kappa shape index (κ3) is 2.96. The number of nitrogen functional groups attached to an aromatic ring is 1. The Morgan fingerprint density at radius 3 is 2.61 bits per heavy atom. The average Bonchev–Trinajstić information content (AvgIpc) is 2.32. The number of benzene rings is 1. The zero-order valence-corrected chi connectivity index (χ0v) is 11.5. The van der Waals surface area contributed by atoms with Gasteiger partial charge in [0.05, 0.1) is 0 Å². The van der Waals surface area contributed by atoms with Gasteiger partial charge in [-0.3, -0.25) is 4.90 Å². The molecule has 1 fully saturated rings. The fraction of sp³-hybridized carbons (Fsp3) is 0.600. The molecular weight excluding hydrogens is 224 g/mol. The van der Waals surface area contributed by atoms with Gasteiger partial charge in [-0.15, -0.1) is 0 Å². The van der Waals surface area contributed by atoms with E-state index in [1.165, 1.54) is 25.9 Å². The molecule has 1 aliphatic rings. The minimum absolute atomic E-state index is 0.581. The highest BCUT2D eigenvalue weighted by atomic mass is 16.5. The Morgan fingerprint density at radius 2 is 2.00 bits per heavy atom. The molecule has 3 heteroatoms. The van der Waals surface area contributed by atoms with E-state index < -0.39 is 0 Å². The Hall–Kier alpha value is -1.22. The first-order valence-electron chi connectivity index (χ1n) is 6.88. The summed E-state index contributed by atoms with van der Waals surface area (Å²) in [5.74, 6) is 0.868. The topological polar surface area (TPSA) is 38.5 Å². The monoisotopic (exact) mass is 248 g/mol. The van der Waals surface area contributed by atoms with Crippen LogP contribution in [0.15, 0.2) is 24.3 Å². The van der Waals surface area contributed by atoms with Crippen LogP contribution < -0.4 is 10.5 Å². The molecule has 18 heavy (non-hydrogen) atoms. The standard InChI is InChI=1S/C15H24N2O/c1-3-15(4-2)11-17(12-15)8-9-18-14-7-5-6-13(16)10-14/h5-7,10H,3-4,8-9,11-12,16H2,1-2H3. The second kappa shape index (κ2) is 5.61. The third-order valence-corrected chi connectivity index (χ3v) is 4.15. The van der Waals surface area contributed by atoms with Crippen molar-refractivity contribution >= 4 is 5.69 Å². The third-order valence-electron chi connectivity index (χ3n) is 4.15. The maximum atomic E-state index is 5.71. The summed E-state index contributed by atoms with van der Waals surface area (Å²) in [6.07, 6.45) is 2.58. The lowest BCUT2D eigenvalue weighted by atomic mass is 9.75. The molecule has 0 unspecified atom stereocenters. The first-order chi connectivity index (χ1) is 8.67. The van der Waals surface area contributed by atoms with E-state index in [4.69, 9.17) is 10.5 Å². The first-order valence-corrected chi connectivity index (χ1v) is 6.88. The zero-order valence-electron chi connectivity index (χ0n) is 11.5. The van der Waals surface area contributed by atoms with E-state index in [1.54, 1.807) is 0 Å². The number of hydrogen-bond acceptors (Lipinski definition) is 3. The van der Waals surface area contributed by atoms with Crippen molar-refractivity contribution in [1.82, 2.24) is 4.90 Å². The van der Waals surface area contributed by atoms with Gasteiger partial charge in [0.15, 0.2) is 0 Å². The van der Waals surface area contributed by atoms with Crippen LogP contribution in [0.3, 0.4) is 0 Å². The Balaban J connectivity index is 1.69. The van der Waals surface area contributed by atoms with Gasteiger partial charge in [-0.2, -0.15) is 0 Å². The highest BCUT2D eigenvalue weighted by molar-refractivity contribution is 5.43. The van der Waals surface area contributed by atoms with Crippen molar-refractivity contribution in [2.75, 3.05) is 32.0 Å². The minimum Gasteiger partial charge on any atom is -0.492 e. The van der Waals surface area contributed by atoms with Crippen molar-refractivity contribution in [3.63, 3.8) is 0 Å². The molecule has 1 aliphatic heterocycles. The first kappa shape index (κ1) is 13.2. The van der Waals surface area contributed by atoms with Crippen molar-refractivity contribution in [1.29, 1.82) is 0 Å². The fourth-order valence-corrected chi connectivity index (χ4v) is 2.65. The Labute approximate surface area is 110 Å². The summed E-state index contributed by atoms with van der Waals surface area (Å²) in [6.45, 7) is 8.79. The molecular formula is C15H24N2O. The number of hydrogen-bond donors (Lipinski definition) is 1. The van der Waals surface area contributed by atoms with Gasteiger partial charge in [0.1, 0.15) is 12.4 Å². The molecule has 1 heterocycles. The van der Waals surface area contributed by atoms with Crippen molar-refractivity contribution in [3.8, 4) is 5.75 Å². The molecule has 0 bridgehead atoms. The summed E-state index contributed by atoms with van der Waals surface area (Å²) in [5.41, 5.74) is 7.05. The lowest BCUT2D eigenvalue weighted by molar-refractivity contribution is -0.0128. The lowest BCUT2D eigenvalue weighted by Gasteiger charge is -2.49. The molecule has 0 aliphatic carbocycles. The molecule has 0 spiro atoms. The Morgan fingerprint density at radius 1 is 1.28 bits per heavy atom. The molecule has 2 N–H and O–H groups in total. The molecule has 0 saturated carbocycles. The van der Waals surface area contributed by atoms with Gasteiger partial charge >= 0.3 is 0 Å². The number of likely N-dealkylation sites (tertiary alicyclic amines) is 1. The molecule has 2 rings (SSSR count). The second-order valence-corrected chi connectivity index (χ2v) is 5.34. The van der Waals surface area contributed by atoms with Gasteiger partial charge < -0.3 is 10.5 Å². The summed E-state index contributed by atoms with van der Waals surface area (Å²) in [6, 6.07) is 7.62. The van der Waals surface area contributed by atoms with E-state index in [2.05, 4.69) is 18.7 Å². The predicted octanol–water partition coefficient (Wildman–Crippen LogP) is 2.77. The highest BCUT2D eigenvalue weighted by Gasteiger charge is 2.39. The van der Waals surface area contributed by atoms with Crippen LogP contribution in [0.25, 0.3) is 0 Å². The molecule has 1 aromatic rings. The predicted molar refractivity (Wildman–Crippen MR) is 75.8 cm³/mol. The quantitative estimate of drug-likeness (QED) is 0.787. The smallest absolute Gasteiger partial charge is 0.121 e. The SMILES string of the molecule is CCC1(CC)CN(CCOc2cccc(N)c2)C1.